The van der Waals surface area contributed by atoms with Crippen LogP contribution in [0.15, 0.2) is 51.8 Å². The average Bonchev–Trinajstić information content (AvgIpc) is 3.10. The molecule has 3 aromatic rings. The number of nitrogens with one attached hydrogen (secondary N) is 1. The van der Waals surface area contributed by atoms with Gasteiger partial charge in [0.2, 0.25) is 5.89 Å². The number of anilines is 1. The summed E-state index contributed by atoms with van der Waals surface area (Å²) in [6.07, 6.45) is 0.328. The molecule has 0 spiro atoms. The minimum atomic E-state index is -3.31. The van der Waals surface area contributed by atoms with Crippen LogP contribution in [0.5, 0.6) is 0 Å². The standard InChI is InChI=1S/C21H23N3O4S/c1-13(2)29(26,27)17-9-7-16(8-10-17)12-19-23-24-21(28-19)22-20(25)18-11-14(3)5-6-15(18)4/h5-11,13H,12H2,1-4H3,(H,22,24,25). The number of aryl methyl sites for hydroxylation is 2. The fourth-order valence-electron chi connectivity index (χ4n) is 2.76. The molecule has 7 nitrogen and oxygen atoms in total. The third kappa shape index (κ3) is 4.71. The Kier molecular flexibility index (Phi) is 5.83. The molecular formula is C21H23N3O4S. The summed E-state index contributed by atoms with van der Waals surface area (Å²) in [5, 5.41) is 9.95. The molecule has 152 valence electrons. The Morgan fingerprint density at radius 2 is 1.76 bits per heavy atom. The first-order valence-electron chi connectivity index (χ1n) is 9.20. The van der Waals surface area contributed by atoms with Crippen molar-refractivity contribution in [1.29, 1.82) is 0 Å². The Bertz CT molecular complexity index is 1130. The van der Waals surface area contributed by atoms with E-state index in [1.54, 1.807) is 44.2 Å². The van der Waals surface area contributed by atoms with Gasteiger partial charge in [-0.05, 0) is 57.0 Å². The highest BCUT2D eigenvalue weighted by molar-refractivity contribution is 7.92. The van der Waals surface area contributed by atoms with Crippen LogP contribution in [0.4, 0.5) is 6.01 Å². The summed E-state index contributed by atoms with van der Waals surface area (Å²) in [5.74, 6) is 0.00498. The van der Waals surface area contributed by atoms with E-state index in [0.717, 1.165) is 16.7 Å². The predicted octanol–water partition coefficient (Wildman–Crippen LogP) is 3.71. The lowest BCUT2D eigenvalue weighted by Gasteiger charge is -2.08. The van der Waals surface area contributed by atoms with Gasteiger partial charge in [-0.15, -0.1) is 5.10 Å². The van der Waals surface area contributed by atoms with Gasteiger partial charge in [0.25, 0.3) is 5.91 Å². The highest BCUT2D eigenvalue weighted by Crippen LogP contribution is 2.19. The van der Waals surface area contributed by atoms with Gasteiger partial charge in [-0.2, -0.15) is 0 Å². The minimum absolute atomic E-state index is 0.0184. The number of aromatic nitrogens is 2. The molecule has 3 rings (SSSR count). The van der Waals surface area contributed by atoms with Gasteiger partial charge in [0.1, 0.15) is 0 Å². The third-order valence-electron chi connectivity index (χ3n) is 4.55. The highest BCUT2D eigenvalue weighted by Gasteiger charge is 2.19. The zero-order valence-corrected chi connectivity index (χ0v) is 17.6. The lowest BCUT2D eigenvalue weighted by atomic mass is 10.1. The average molecular weight is 413 g/mol. The predicted molar refractivity (Wildman–Crippen MR) is 110 cm³/mol. The molecule has 1 N–H and O–H groups in total. The SMILES string of the molecule is Cc1ccc(C)c(C(=O)Nc2nnc(Cc3ccc(S(=O)(=O)C(C)C)cc3)o2)c1. The number of rotatable bonds is 6. The van der Waals surface area contributed by atoms with Crippen LogP contribution >= 0.6 is 0 Å². The van der Waals surface area contributed by atoms with Gasteiger partial charge in [-0.3, -0.25) is 10.1 Å². The van der Waals surface area contributed by atoms with Crippen molar-refractivity contribution in [3.63, 3.8) is 0 Å². The fourth-order valence-corrected chi connectivity index (χ4v) is 3.82. The lowest BCUT2D eigenvalue weighted by Crippen LogP contribution is -2.13. The number of carbonyl (C=O) groups excluding carboxylic acids is 1. The largest absolute Gasteiger partial charge is 0.407 e. The van der Waals surface area contributed by atoms with Crippen molar-refractivity contribution in [1.82, 2.24) is 10.2 Å². The van der Waals surface area contributed by atoms with Gasteiger partial charge in [0.15, 0.2) is 9.84 Å². The van der Waals surface area contributed by atoms with Gasteiger partial charge in [0, 0.05) is 5.56 Å². The number of sulfone groups is 1. The van der Waals surface area contributed by atoms with Crippen molar-refractivity contribution < 1.29 is 17.6 Å². The van der Waals surface area contributed by atoms with E-state index in [1.165, 1.54) is 0 Å². The normalized spacial score (nSPS) is 11.6. The molecular weight excluding hydrogens is 390 g/mol. The molecule has 0 atom stereocenters. The van der Waals surface area contributed by atoms with Crippen LogP contribution in [-0.4, -0.2) is 29.8 Å². The Morgan fingerprint density at radius 3 is 2.41 bits per heavy atom. The highest BCUT2D eigenvalue weighted by atomic mass is 32.2. The van der Waals surface area contributed by atoms with E-state index in [9.17, 15) is 13.2 Å². The maximum Gasteiger partial charge on any atom is 0.322 e. The molecule has 0 saturated heterocycles. The van der Waals surface area contributed by atoms with Crippen LogP contribution in [-0.2, 0) is 16.3 Å². The number of hydrogen-bond donors (Lipinski definition) is 1. The molecule has 0 aliphatic rings. The van der Waals surface area contributed by atoms with Crippen LogP contribution in [0.2, 0.25) is 0 Å². The second kappa shape index (κ2) is 8.16. The summed E-state index contributed by atoms with van der Waals surface area (Å²) in [6.45, 7) is 7.07. The van der Waals surface area contributed by atoms with Gasteiger partial charge in [-0.25, -0.2) is 8.42 Å². The van der Waals surface area contributed by atoms with E-state index in [2.05, 4.69) is 15.5 Å². The van der Waals surface area contributed by atoms with Crippen LogP contribution in [0.1, 0.15) is 46.8 Å². The summed E-state index contributed by atoms with van der Waals surface area (Å²) in [7, 11) is -3.31. The molecule has 0 unspecified atom stereocenters. The van der Waals surface area contributed by atoms with Gasteiger partial charge < -0.3 is 4.42 Å². The Morgan fingerprint density at radius 1 is 1.07 bits per heavy atom. The molecule has 0 bridgehead atoms. The quantitative estimate of drug-likeness (QED) is 0.661. The smallest absolute Gasteiger partial charge is 0.322 e. The van der Waals surface area contributed by atoms with Gasteiger partial charge in [-0.1, -0.05) is 34.9 Å². The summed E-state index contributed by atoms with van der Waals surface area (Å²) < 4.78 is 29.9. The summed E-state index contributed by atoms with van der Waals surface area (Å²) in [4.78, 5) is 12.7. The van der Waals surface area contributed by atoms with E-state index in [1.807, 2.05) is 26.0 Å². The van der Waals surface area contributed by atoms with Crippen LogP contribution in [0, 0.1) is 13.8 Å². The topological polar surface area (TPSA) is 102 Å². The number of carbonyl (C=O) groups is 1. The number of hydrogen-bond acceptors (Lipinski definition) is 6. The number of amides is 1. The van der Waals surface area contributed by atoms with Crippen molar-refractivity contribution in [3.8, 4) is 0 Å². The van der Waals surface area contributed by atoms with Gasteiger partial charge >= 0.3 is 6.01 Å². The van der Waals surface area contributed by atoms with E-state index in [-0.39, 0.29) is 16.8 Å². The second-order valence-corrected chi connectivity index (χ2v) is 9.69. The third-order valence-corrected chi connectivity index (χ3v) is 6.72. The summed E-state index contributed by atoms with van der Waals surface area (Å²) >= 11 is 0. The van der Waals surface area contributed by atoms with E-state index in [4.69, 9.17) is 4.42 Å². The van der Waals surface area contributed by atoms with Crippen molar-refractivity contribution >= 4 is 21.8 Å². The van der Waals surface area contributed by atoms with E-state index in [0.29, 0.717) is 17.9 Å². The molecule has 0 fully saturated rings. The second-order valence-electron chi connectivity index (χ2n) is 7.19. The molecule has 2 aromatic carbocycles. The maximum absolute atomic E-state index is 12.4. The Balaban J connectivity index is 1.69. The van der Waals surface area contributed by atoms with Crippen LogP contribution in [0.25, 0.3) is 0 Å². The zero-order valence-electron chi connectivity index (χ0n) is 16.8. The molecule has 0 radical (unpaired) electrons. The van der Waals surface area contributed by atoms with Crippen molar-refractivity contribution in [2.75, 3.05) is 5.32 Å². The Labute approximate surface area is 170 Å². The first-order chi connectivity index (χ1) is 13.7. The minimum Gasteiger partial charge on any atom is -0.407 e. The zero-order chi connectivity index (χ0) is 21.2. The summed E-state index contributed by atoms with van der Waals surface area (Å²) in [6, 6.07) is 12.2. The molecule has 1 heterocycles. The first-order valence-corrected chi connectivity index (χ1v) is 10.8. The molecule has 0 saturated carbocycles. The molecule has 8 heteroatoms. The molecule has 1 aromatic heterocycles. The van der Waals surface area contributed by atoms with Crippen molar-refractivity contribution in [2.24, 2.45) is 0 Å². The molecule has 0 aliphatic carbocycles. The maximum atomic E-state index is 12.4. The summed E-state index contributed by atoms with van der Waals surface area (Å²) in [5.41, 5.74) is 3.20. The van der Waals surface area contributed by atoms with Crippen molar-refractivity contribution in [3.05, 3.63) is 70.6 Å². The monoisotopic (exact) mass is 413 g/mol. The van der Waals surface area contributed by atoms with E-state index < -0.39 is 15.1 Å². The fraction of sp³-hybridized carbons (Fsp3) is 0.286. The molecule has 0 aliphatic heterocycles. The first kappa shape index (κ1) is 20.7. The van der Waals surface area contributed by atoms with E-state index >= 15 is 0 Å². The van der Waals surface area contributed by atoms with Gasteiger partial charge in [0.05, 0.1) is 16.6 Å². The number of nitrogens with zero attached hydrogens (tertiary/aromatic N) is 2. The van der Waals surface area contributed by atoms with Crippen molar-refractivity contribution in [2.45, 2.75) is 44.3 Å². The Hall–Kier alpha value is -3.00. The van der Waals surface area contributed by atoms with Crippen LogP contribution < -0.4 is 5.32 Å². The molecule has 29 heavy (non-hydrogen) atoms. The van der Waals surface area contributed by atoms with Crippen LogP contribution in [0.3, 0.4) is 0 Å². The number of benzene rings is 2. The lowest BCUT2D eigenvalue weighted by molar-refractivity contribution is 0.102. The molecule has 1 amide bonds.